The van der Waals surface area contributed by atoms with Gasteiger partial charge in [0.15, 0.2) is 0 Å². The van der Waals surface area contributed by atoms with Gasteiger partial charge < -0.3 is 14.0 Å². The van der Waals surface area contributed by atoms with E-state index >= 15 is 0 Å². The molecule has 0 bridgehead atoms. The van der Waals surface area contributed by atoms with Crippen LogP contribution in [0, 0.1) is 0 Å². The van der Waals surface area contributed by atoms with Gasteiger partial charge in [-0.1, -0.05) is 6.92 Å². The van der Waals surface area contributed by atoms with E-state index in [1.165, 1.54) is 5.82 Å². The minimum absolute atomic E-state index is 0.0157. The van der Waals surface area contributed by atoms with E-state index < -0.39 is 0 Å². The molecule has 2 aliphatic heterocycles. The van der Waals surface area contributed by atoms with Crippen molar-refractivity contribution in [1.82, 2.24) is 9.55 Å². The summed E-state index contributed by atoms with van der Waals surface area (Å²) in [4.78, 5) is 4.42. The summed E-state index contributed by atoms with van der Waals surface area (Å²) < 4.78 is 13.8. The normalized spacial score (nSPS) is 33.4. The van der Waals surface area contributed by atoms with E-state index in [0.717, 1.165) is 45.5 Å². The highest BCUT2D eigenvalue weighted by molar-refractivity contribution is 4.99. The molecule has 0 amide bonds. The van der Waals surface area contributed by atoms with Crippen molar-refractivity contribution in [2.75, 3.05) is 19.8 Å². The molecule has 3 heterocycles. The molecule has 3 rings (SSSR count). The Morgan fingerprint density at radius 1 is 1.53 bits per heavy atom. The topological polar surface area (TPSA) is 36.3 Å². The minimum atomic E-state index is -0.0157. The standard InChI is InChI=1S/C13H20N2O2/c1-2-12-14-5-6-15(12)11-3-7-17-13(9-11)4-8-16-10-13/h5-6,11H,2-4,7-10H2,1H3. The molecule has 0 N–H and O–H groups in total. The molecule has 2 fully saturated rings. The zero-order valence-electron chi connectivity index (χ0n) is 10.4. The van der Waals surface area contributed by atoms with Crippen molar-refractivity contribution in [2.45, 2.75) is 44.2 Å². The van der Waals surface area contributed by atoms with Crippen LogP contribution in [0.1, 0.15) is 38.1 Å². The van der Waals surface area contributed by atoms with Crippen molar-refractivity contribution in [3.63, 3.8) is 0 Å². The SMILES string of the molecule is CCc1nccn1C1CCOC2(CCOC2)C1. The number of hydrogen-bond acceptors (Lipinski definition) is 3. The molecule has 2 saturated heterocycles. The minimum Gasteiger partial charge on any atom is -0.378 e. The van der Waals surface area contributed by atoms with Crippen LogP contribution in [-0.2, 0) is 15.9 Å². The monoisotopic (exact) mass is 236 g/mol. The second-order valence-corrected chi connectivity index (χ2v) is 5.08. The largest absolute Gasteiger partial charge is 0.378 e. The first kappa shape index (κ1) is 11.2. The summed E-state index contributed by atoms with van der Waals surface area (Å²) in [6, 6.07) is 0.530. The van der Waals surface area contributed by atoms with Crippen LogP contribution in [-0.4, -0.2) is 35.0 Å². The van der Waals surface area contributed by atoms with Crippen LogP contribution in [0.5, 0.6) is 0 Å². The first-order valence-electron chi connectivity index (χ1n) is 6.56. The van der Waals surface area contributed by atoms with E-state index in [4.69, 9.17) is 9.47 Å². The van der Waals surface area contributed by atoms with E-state index in [1.807, 2.05) is 6.20 Å². The van der Waals surface area contributed by atoms with Gasteiger partial charge in [-0.25, -0.2) is 4.98 Å². The number of hydrogen-bond donors (Lipinski definition) is 0. The summed E-state index contributed by atoms with van der Waals surface area (Å²) in [5.74, 6) is 1.19. The van der Waals surface area contributed by atoms with Crippen molar-refractivity contribution in [3.8, 4) is 0 Å². The lowest BCUT2D eigenvalue weighted by Gasteiger charge is -2.38. The zero-order chi connectivity index (χ0) is 11.7. The Morgan fingerprint density at radius 2 is 2.47 bits per heavy atom. The van der Waals surface area contributed by atoms with E-state index in [2.05, 4.69) is 22.7 Å². The molecule has 0 radical (unpaired) electrons. The molecule has 17 heavy (non-hydrogen) atoms. The number of rotatable bonds is 2. The van der Waals surface area contributed by atoms with Crippen molar-refractivity contribution in [3.05, 3.63) is 18.2 Å². The van der Waals surface area contributed by atoms with Crippen LogP contribution in [0.25, 0.3) is 0 Å². The van der Waals surface area contributed by atoms with Crippen molar-refractivity contribution in [2.24, 2.45) is 0 Å². The molecular weight excluding hydrogens is 216 g/mol. The Morgan fingerprint density at radius 3 is 3.24 bits per heavy atom. The second kappa shape index (κ2) is 4.42. The van der Waals surface area contributed by atoms with Gasteiger partial charge in [-0.15, -0.1) is 0 Å². The van der Waals surface area contributed by atoms with Gasteiger partial charge in [0, 0.05) is 44.5 Å². The van der Waals surface area contributed by atoms with Crippen molar-refractivity contribution in [1.29, 1.82) is 0 Å². The van der Waals surface area contributed by atoms with Gasteiger partial charge in [-0.05, 0) is 12.8 Å². The lowest BCUT2D eigenvalue weighted by atomic mass is 9.89. The maximum absolute atomic E-state index is 5.97. The Bertz CT molecular complexity index is 383. The molecule has 1 aromatic rings. The van der Waals surface area contributed by atoms with Gasteiger partial charge in [-0.2, -0.15) is 0 Å². The molecular formula is C13H20N2O2. The first-order valence-corrected chi connectivity index (χ1v) is 6.56. The maximum Gasteiger partial charge on any atom is 0.108 e. The average molecular weight is 236 g/mol. The summed E-state index contributed by atoms with van der Waals surface area (Å²) in [6.07, 6.45) is 8.21. The van der Waals surface area contributed by atoms with Gasteiger partial charge in [0.25, 0.3) is 0 Å². The van der Waals surface area contributed by atoms with E-state index in [-0.39, 0.29) is 5.60 Å². The molecule has 2 aliphatic rings. The Kier molecular flexibility index (Phi) is 2.92. The number of ether oxygens (including phenoxy) is 2. The van der Waals surface area contributed by atoms with Crippen LogP contribution in [0.15, 0.2) is 12.4 Å². The van der Waals surface area contributed by atoms with Gasteiger partial charge in [-0.3, -0.25) is 0 Å². The molecule has 0 aliphatic carbocycles. The Labute approximate surface area is 102 Å². The van der Waals surface area contributed by atoms with Gasteiger partial charge in [0.2, 0.25) is 0 Å². The zero-order valence-corrected chi connectivity index (χ0v) is 10.4. The molecule has 94 valence electrons. The summed E-state index contributed by atoms with van der Waals surface area (Å²) in [5.41, 5.74) is -0.0157. The molecule has 2 unspecified atom stereocenters. The van der Waals surface area contributed by atoms with E-state index in [9.17, 15) is 0 Å². The third-order valence-electron chi connectivity index (χ3n) is 3.99. The molecule has 0 aromatic carbocycles. The highest BCUT2D eigenvalue weighted by Crippen LogP contribution is 2.38. The molecule has 0 saturated carbocycles. The predicted molar refractivity (Wildman–Crippen MR) is 64.0 cm³/mol. The summed E-state index contributed by atoms with van der Waals surface area (Å²) in [7, 11) is 0. The Hall–Kier alpha value is -0.870. The van der Waals surface area contributed by atoms with Crippen LogP contribution < -0.4 is 0 Å². The van der Waals surface area contributed by atoms with E-state index in [1.54, 1.807) is 0 Å². The number of aryl methyl sites for hydroxylation is 1. The quantitative estimate of drug-likeness (QED) is 0.787. The second-order valence-electron chi connectivity index (χ2n) is 5.08. The maximum atomic E-state index is 5.97. The molecule has 1 spiro atoms. The third kappa shape index (κ3) is 2.00. The van der Waals surface area contributed by atoms with Gasteiger partial charge >= 0.3 is 0 Å². The highest BCUT2D eigenvalue weighted by Gasteiger charge is 2.41. The molecule has 2 atom stereocenters. The smallest absolute Gasteiger partial charge is 0.108 e. The van der Waals surface area contributed by atoms with Crippen LogP contribution >= 0.6 is 0 Å². The average Bonchev–Trinajstić information content (AvgIpc) is 2.98. The highest BCUT2D eigenvalue weighted by atomic mass is 16.6. The fourth-order valence-electron chi connectivity index (χ4n) is 3.05. The predicted octanol–water partition coefficient (Wildman–Crippen LogP) is 1.96. The summed E-state index contributed by atoms with van der Waals surface area (Å²) in [5, 5.41) is 0. The van der Waals surface area contributed by atoms with Crippen molar-refractivity contribution < 1.29 is 9.47 Å². The number of nitrogens with zero attached hydrogens (tertiary/aromatic N) is 2. The van der Waals surface area contributed by atoms with Crippen LogP contribution in [0.2, 0.25) is 0 Å². The number of aromatic nitrogens is 2. The third-order valence-corrected chi connectivity index (χ3v) is 3.99. The Balaban J connectivity index is 1.79. The lowest BCUT2D eigenvalue weighted by molar-refractivity contribution is -0.0951. The fourth-order valence-corrected chi connectivity index (χ4v) is 3.05. The number of imidazole rings is 1. The van der Waals surface area contributed by atoms with Crippen molar-refractivity contribution >= 4 is 0 Å². The molecule has 1 aromatic heterocycles. The van der Waals surface area contributed by atoms with Crippen LogP contribution in [0.4, 0.5) is 0 Å². The van der Waals surface area contributed by atoms with Crippen LogP contribution in [0.3, 0.4) is 0 Å². The first-order chi connectivity index (χ1) is 8.33. The summed E-state index contributed by atoms with van der Waals surface area (Å²) >= 11 is 0. The molecule has 4 nitrogen and oxygen atoms in total. The fraction of sp³-hybridized carbons (Fsp3) is 0.769. The van der Waals surface area contributed by atoms with Gasteiger partial charge in [0.05, 0.1) is 12.2 Å². The lowest BCUT2D eigenvalue weighted by Crippen LogP contribution is -2.41. The van der Waals surface area contributed by atoms with E-state index in [0.29, 0.717) is 6.04 Å². The molecule has 4 heteroatoms. The summed E-state index contributed by atoms with van der Waals surface area (Å²) in [6.45, 7) is 4.61. The van der Waals surface area contributed by atoms with Gasteiger partial charge in [0.1, 0.15) is 5.82 Å².